The molecule has 0 aliphatic carbocycles. The molecule has 1 aromatic heterocycles. The number of ether oxygens (including phenoxy) is 2. The van der Waals surface area contributed by atoms with E-state index in [4.69, 9.17) is 9.47 Å². The van der Waals surface area contributed by atoms with E-state index in [0.29, 0.717) is 5.69 Å². The van der Waals surface area contributed by atoms with Gasteiger partial charge < -0.3 is 19.8 Å². The number of aromatic nitrogens is 1. The van der Waals surface area contributed by atoms with E-state index < -0.39 is 11.9 Å². The number of H-pyrrole nitrogens is 1. The number of hydrogen-bond donors (Lipinski definition) is 2. The lowest BCUT2D eigenvalue weighted by atomic mass is 10.1. The molecule has 2 N–H and O–H groups in total. The molecule has 150 valence electrons. The van der Waals surface area contributed by atoms with Crippen LogP contribution in [0.4, 0.5) is 5.69 Å². The summed E-state index contributed by atoms with van der Waals surface area (Å²) in [5.74, 6) is -1.21. The Morgan fingerprint density at radius 3 is 2.45 bits per heavy atom. The Morgan fingerprint density at radius 1 is 1.03 bits per heavy atom. The monoisotopic (exact) mass is 392 g/mol. The third kappa shape index (κ3) is 4.85. The predicted molar refractivity (Wildman–Crippen MR) is 113 cm³/mol. The molecule has 2 aromatic carbocycles. The summed E-state index contributed by atoms with van der Waals surface area (Å²) in [5.41, 5.74) is 4.73. The third-order valence-corrected chi connectivity index (χ3v) is 4.36. The summed E-state index contributed by atoms with van der Waals surface area (Å²) >= 11 is 0. The van der Waals surface area contributed by atoms with Crippen molar-refractivity contribution in [3.63, 3.8) is 0 Å². The highest BCUT2D eigenvalue weighted by molar-refractivity contribution is 6.00. The zero-order chi connectivity index (χ0) is 20.8. The first-order valence-corrected chi connectivity index (χ1v) is 9.53. The van der Waals surface area contributed by atoms with Gasteiger partial charge in [-0.25, -0.2) is 9.59 Å². The zero-order valence-corrected chi connectivity index (χ0v) is 16.7. The van der Waals surface area contributed by atoms with E-state index in [1.54, 1.807) is 13.8 Å². The number of anilines is 1. The van der Waals surface area contributed by atoms with E-state index in [0.717, 1.165) is 33.8 Å². The summed E-state index contributed by atoms with van der Waals surface area (Å²) in [7, 11) is 0. The Kier molecular flexibility index (Phi) is 6.34. The fraction of sp³-hybridized carbons (Fsp3) is 0.217. The second-order valence-corrected chi connectivity index (χ2v) is 6.46. The molecule has 0 fully saturated rings. The molecule has 6 nitrogen and oxygen atoms in total. The molecule has 0 bridgehead atoms. The first-order valence-electron chi connectivity index (χ1n) is 9.53. The Morgan fingerprint density at radius 2 is 1.76 bits per heavy atom. The van der Waals surface area contributed by atoms with Crippen molar-refractivity contribution in [2.75, 3.05) is 18.5 Å². The molecule has 0 saturated carbocycles. The van der Waals surface area contributed by atoms with E-state index in [1.807, 2.05) is 55.5 Å². The van der Waals surface area contributed by atoms with Crippen LogP contribution >= 0.6 is 0 Å². The van der Waals surface area contributed by atoms with Gasteiger partial charge in [0.25, 0.3) is 0 Å². The van der Waals surface area contributed by atoms with Crippen LogP contribution in [-0.2, 0) is 19.1 Å². The highest BCUT2D eigenvalue weighted by Gasteiger charge is 2.16. The molecule has 6 heteroatoms. The minimum Gasteiger partial charge on any atom is -0.463 e. The van der Waals surface area contributed by atoms with E-state index >= 15 is 0 Å². The summed E-state index contributed by atoms with van der Waals surface area (Å²) in [5, 5.41) is 4.02. The summed E-state index contributed by atoms with van der Waals surface area (Å²) in [6.07, 6.45) is 1.12. The van der Waals surface area contributed by atoms with Gasteiger partial charge in [0.05, 0.1) is 19.3 Å². The third-order valence-electron chi connectivity index (χ3n) is 4.36. The highest BCUT2D eigenvalue weighted by Crippen LogP contribution is 2.29. The lowest BCUT2D eigenvalue weighted by Crippen LogP contribution is -2.17. The molecule has 3 rings (SSSR count). The number of rotatable bonds is 7. The maximum atomic E-state index is 12.3. The van der Waals surface area contributed by atoms with Crippen molar-refractivity contribution in [2.24, 2.45) is 0 Å². The number of carbonyl (C=O) groups is 2. The fourth-order valence-corrected chi connectivity index (χ4v) is 3.00. The van der Waals surface area contributed by atoms with Crippen molar-refractivity contribution in [1.82, 2.24) is 4.98 Å². The molecule has 0 amide bonds. The number of aryl methyl sites for hydroxylation is 1. The summed E-state index contributed by atoms with van der Waals surface area (Å²) in [6.45, 7) is 5.77. The summed E-state index contributed by atoms with van der Waals surface area (Å²) in [4.78, 5) is 27.6. The molecule has 0 radical (unpaired) electrons. The second-order valence-electron chi connectivity index (χ2n) is 6.46. The van der Waals surface area contributed by atoms with Crippen molar-refractivity contribution in [3.8, 4) is 11.3 Å². The molecule has 1 heterocycles. The Hall–Kier alpha value is -3.54. The standard InChI is InChI=1S/C23H24N2O4/c1-4-28-22(26)14-21(23(27)29-5-2)24-18-12-17-13-20(16-9-7-6-8-10-16)25-19(17)11-15(18)3/h6-14,24-25H,4-5H2,1-3H3/b21-14+. The largest absolute Gasteiger partial charge is 0.463 e. The second kappa shape index (κ2) is 9.10. The van der Waals surface area contributed by atoms with Crippen molar-refractivity contribution in [3.05, 3.63) is 65.9 Å². The van der Waals surface area contributed by atoms with Gasteiger partial charge in [0.15, 0.2) is 0 Å². The predicted octanol–water partition coefficient (Wildman–Crippen LogP) is 4.57. The number of esters is 2. The first-order chi connectivity index (χ1) is 14.0. The Balaban J connectivity index is 1.95. The van der Waals surface area contributed by atoms with Crippen LogP contribution in [0.2, 0.25) is 0 Å². The number of hydrogen-bond acceptors (Lipinski definition) is 5. The normalized spacial score (nSPS) is 11.3. The molecule has 29 heavy (non-hydrogen) atoms. The maximum absolute atomic E-state index is 12.3. The SMILES string of the molecule is CCOC(=O)/C=C(/Nc1cc2cc(-c3ccccc3)[nH]c2cc1C)C(=O)OCC. The highest BCUT2D eigenvalue weighted by atomic mass is 16.5. The van der Waals surface area contributed by atoms with Crippen molar-refractivity contribution in [2.45, 2.75) is 20.8 Å². The zero-order valence-electron chi connectivity index (χ0n) is 16.7. The van der Waals surface area contributed by atoms with Crippen LogP contribution in [0.3, 0.4) is 0 Å². The van der Waals surface area contributed by atoms with E-state index in [-0.39, 0.29) is 18.9 Å². The van der Waals surface area contributed by atoms with E-state index in [1.165, 1.54) is 0 Å². The van der Waals surface area contributed by atoms with Gasteiger partial charge in [0, 0.05) is 22.3 Å². The number of fused-ring (bicyclic) bond motifs is 1. The van der Waals surface area contributed by atoms with Gasteiger partial charge in [0.2, 0.25) is 0 Å². The van der Waals surface area contributed by atoms with E-state index in [9.17, 15) is 9.59 Å². The van der Waals surface area contributed by atoms with Crippen LogP contribution in [0.5, 0.6) is 0 Å². The lowest BCUT2D eigenvalue weighted by molar-refractivity contribution is -0.140. The molecule has 0 spiro atoms. The first kappa shape index (κ1) is 20.2. The topological polar surface area (TPSA) is 80.4 Å². The van der Waals surface area contributed by atoms with Crippen LogP contribution < -0.4 is 5.32 Å². The van der Waals surface area contributed by atoms with Gasteiger partial charge in [-0.3, -0.25) is 0 Å². The Bertz CT molecular complexity index is 1050. The molecule has 0 aliphatic rings. The van der Waals surface area contributed by atoms with Gasteiger partial charge in [0.1, 0.15) is 5.70 Å². The summed E-state index contributed by atoms with van der Waals surface area (Å²) < 4.78 is 9.98. The van der Waals surface area contributed by atoms with E-state index in [2.05, 4.69) is 10.3 Å². The number of aromatic amines is 1. The maximum Gasteiger partial charge on any atom is 0.355 e. The Labute approximate surface area is 169 Å². The molecular weight excluding hydrogens is 368 g/mol. The minimum atomic E-state index is -0.612. The summed E-state index contributed by atoms with van der Waals surface area (Å²) in [6, 6.07) is 16.0. The fourth-order valence-electron chi connectivity index (χ4n) is 3.00. The van der Waals surface area contributed by atoms with Crippen molar-refractivity contribution >= 4 is 28.5 Å². The van der Waals surface area contributed by atoms with Crippen LogP contribution in [0.1, 0.15) is 19.4 Å². The lowest BCUT2D eigenvalue weighted by Gasteiger charge is -2.12. The molecule has 3 aromatic rings. The molecular formula is C23H24N2O4. The van der Waals surface area contributed by atoms with Crippen molar-refractivity contribution in [1.29, 1.82) is 0 Å². The van der Waals surface area contributed by atoms with Gasteiger partial charge >= 0.3 is 11.9 Å². The number of carbonyl (C=O) groups excluding carboxylic acids is 2. The van der Waals surface area contributed by atoms with Gasteiger partial charge in [-0.05, 0) is 50.1 Å². The smallest absolute Gasteiger partial charge is 0.355 e. The molecule has 0 saturated heterocycles. The average Bonchev–Trinajstić information content (AvgIpc) is 3.11. The average molecular weight is 392 g/mol. The molecule has 0 unspecified atom stereocenters. The minimum absolute atomic E-state index is 0.0339. The van der Waals surface area contributed by atoms with Crippen LogP contribution in [0.25, 0.3) is 22.2 Å². The number of benzene rings is 2. The van der Waals surface area contributed by atoms with Crippen LogP contribution in [0, 0.1) is 6.92 Å². The number of nitrogens with one attached hydrogen (secondary N) is 2. The van der Waals surface area contributed by atoms with Crippen molar-refractivity contribution < 1.29 is 19.1 Å². The quantitative estimate of drug-likeness (QED) is 0.455. The van der Waals surface area contributed by atoms with Gasteiger partial charge in [-0.1, -0.05) is 30.3 Å². The van der Waals surface area contributed by atoms with Gasteiger partial charge in [-0.15, -0.1) is 0 Å². The molecule has 0 atom stereocenters. The molecule has 0 aliphatic heterocycles. The van der Waals surface area contributed by atoms with Crippen LogP contribution in [0.15, 0.2) is 60.3 Å². The van der Waals surface area contributed by atoms with Crippen LogP contribution in [-0.4, -0.2) is 30.1 Å². The van der Waals surface area contributed by atoms with Gasteiger partial charge in [-0.2, -0.15) is 0 Å².